The lowest BCUT2D eigenvalue weighted by atomic mass is 10.2. The van der Waals surface area contributed by atoms with Crippen molar-refractivity contribution in [1.29, 1.82) is 0 Å². The van der Waals surface area contributed by atoms with Crippen molar-refractivity contribution < 1.29 is 17.9 Å². The van der Waals surface area contributed by atoms with Crippen molar-refractivity contribution in [2.45, 2.75) is 31.2 Å². The molecule has 0 spiro atoms. The molecule has 7 heteroatoms. The third-order valence-corrected chi connectivity index (χ3v) is 6.10. The Morgan fingerprint density at radius 3 is 2.19 bits per heavy atom. The Morgan fingerprint density at radius 2 is 1.55 bits per heavy atom. The fourth-order valence-corrected chi connectivity index (χ4v) is 3.90. The molecule has 0 saturated heterocycles. The molecule has 3 aromatic rings. The van der Waals surface area contributed by atoms with Crippen LogP contribution in [0.2, 0.25) is 0 Å². The molecule has 3 aromatic carbocycles. The number of amides is 1. The number of nitrogens with one attached hydrogen (secondary N) is 2. The van der Waals surface area contributed by atoms with E-state index in [4.69, 9.17) is 4.74 Å². The SMILES string of the molecule is CCc1ccc(OCCC(=O)Nc2ccc(S(=O)(=O)NCc3ccccc3)cc2)cc1. The minimum absolute atomic E-state index is 0.139. The van der Waals surface area contributed by atoms with Crippen LogP contribution in [0.5, 0.6) is 5.75 Å². The van der Waals surface area contributed by atoms with Gasteiger partial charge in [0.05, 0.1) is 17.9 Å². The van der Waals surface area contributed by atoms with E-state index in [9.17, 15) is 13.2 Å². The summed E-state index contributed by atoms with van der Waals surface area (Å²) in [6.45, 7) is 2.55. The number of benzene rings is 3. The highest BCUT2D eigenvalue weighted by Crippen LogP contribution is 2.16. The van der Waals surface area contributed by atoms with Gasteiger partial charge >= 0.3 is 0 Å². The third-order valence-electron chi connectivity index (χ3n) is 4.69. The highest BCUT2D eigenvalue weighted by molar-refractivity contribution is 7.89. The molecule has 0 fully saturated rings. The second kappa shape index (κ2) is 10.7. The smallest absolute Gasteiger partial charge is 0.240 e. The van der Waals surface area contributed by atoms with Gasteiger partial charge < -0.3 is 10.1 Å². The zero-order valence-corrected chi connectivity index (χ0v) is 18.2. The number of aryl methyl sites for hydroxylation is 1. The zero-order chi connectivity index (χ0) is 22.1. The van der Waals surface area contributed by atoms with Gasteiger partial charge in [0, 0.05) is 12.2 Å². The van der Waals surface area contributed by atoms with E-state index in [1.165, 1.54) is 17.7 Å². The summed E-state index contributed by atoms with van der Waals surface area (Å²) in [6.07, 6.45) is 1.15. The van der Waals surface area contributed by atoms with E-state index in [2.05, 4.69) is 17.0 Å². The van der Waals surface area contributed by atoms with Crippen LogP contribution in [0.15, 0.2) is 83.8 Å². The Hall–Kier alpha value is -3.16. The van der Waals surface area contributed by atoms with Crippen LogP contribution < -0.4 is 14.8 Å². The first-order valence-corrected chi connectivity index (χ1v) is 11.6. The van der Waals surface area contributed by atoms with E-state index in [1.807, 2.05) is 54.6 Å². The van der Waals surface area contributed by atoms with E-state index in [-0.39, 0.29) is 30.4 Å². The Morgan fingerprint density at radius 1 is 0.871 bits per heavy atom. The molecule has 0 unspecified atom stereocenters. The average Bonchev–Trinajstić information content (AvgIpc) is 2.79. The van der Waals surface area contributed by atoms with Gasteiger partial charge in [-0.1, -0.05) is 49.4 Å². The summed E-state index contributed by atoms with van der Waals surface area (Å²) < 4.78 is 33.0. The first kappa shape index (κ1) is 22.5. The molecular weight excluding hydrogens is 412 g/mol. The molecule has 1 amide bonds. The van der Waals surface area contributed by atoms with Crippen LogP contribution in [-0.4, -0.2) is 20.9 Å². The number of hydrogen-bond acceptors (Lipinski definition) is 4. The molecule has 0 aliphatic rings. The van der Waals surface area contributed by atoms with Gasteiger partial charge in [0.2, 0.25) is 15.9 Å². The molecule has 2 N–H and O–H groups in total. The molecule has 0 heterocycles. The summed E-state index contributed by atoms with van der Waals surface area (Å²) in [5.74, 6) is 0.519. The van der Waals surface area contributed by atoms with Crippen LogP contribution in [0.1, 0.15) is 24.5 Å². The highest BCUT2D eigenvalue weighted by Gasteiger charge is 2.14. The first-order valence-electron chi connectivity index (χ1n) is 10.1. The number of carbonyl (C=O) groups excluding carboxylic acids is 1. The molecular formula is C24H26N2O4S. The van der Waals surface area contributed by atoms with Crippen molar-refractivity contribution in [3.63, 3.8) is 0 Å². The van der Waals surface area contributed by atoms with Gasteiger partial charge in [-0.25, -0.2) is 13.1 Å². The topological polar surface area (TPSA) is 84.5 Å². The first-order chi connectivity index (χ1) is 15.0. The number of carbonyl (C=O) groups is 1. The molecule has 0 radical (unpaired) electrons. The maximum Gasteiger partial charge on any atom is 0.240 e. The largest absolute Gasteiger partial charge is 0.493 e. The molecule has 0 saturated carbocycles. The van der Waals surface area contributed by atoms with E-state index in [0.717, 1.165) is 17.7 Å². The number of ether oxygens (including phenoxy) is 1. The summed E-state index contributed by atoms with van der Waals surface area (Å²) in [7, 11) is -3.64. The van der Waals surface area contributed by atoms with Crippen LogP contribution in [-0.2, 0) is 27.8 Å². The summed E-state index contributed by atoms with van der Waals surface area (Å²) in [4.78, 5) is 12.3. The molecule has 3 rings (SSSR count). The van der Waals surface area contributed by atoms with E-state index in [1.54, 1.807) is 12.1 Å². The summed E-state index contributed by atoms with van der Waals surface area (Å²) >= 11 is 0. The molecule has 31 heavy (non-hydrogen) atoms. The third kappa shape index (κ3) is 6.94. The lowest BCUT2D eigenvalue weighted by Crippen LogP contribution is -2.23. The van der Waals surface area contributed by atoms with Crippen molar-refractivity contribution >= 4 is 21.6 Å². The number of sulfonamides is 1. The lowest BCUT2D eigenvalue weighted by Gasteiger charge is -2.10. The molecule has 0 atom stereocenters. The fraction of sp³-hybridized carbons (Fsp3) is 0.208. The minimum atomic E-state index is -3.64. The highest BCUT2D eigenvalue weighted by atomic mass is 32.2. The number of hydrogen-bond donors (Lipinski definition) is 2. The van der Waals surface area contributed by atoms with E-state index in [0.29, 0.717) is 5.69 Å². The zero-order valence-electron chi connectivity index (χ0n) is 17.4. The lowest BCUT2D eigenvalue weighted by molar-refractivity contribution is -0.116. The molecule has 0 aliphatic heterocycles. The minimum Gasteiger partial charge on any atom is -0.493 e. The predicted octanol–water partition coefficient (Wildman–Crippen LogP) is 4.14. The van der Waals surface area contributed by atoms with Crippen molar-refractivity contribution in [3.05, 3.63) is 90.0 Å². The second-order valence-corrected chi connectivity index (χ2v) is 8.75. The Kier molecular flexibility index (Phi) is 7.81. The van der Waals surface area contributed by atoms with Gasteiger partial charge in [0.15, 0.2) is 0 Å². The fourth-order valence-electron chi connectivity index (χ4n) is 2.88. The van der Waals surface area contributed by atoms with Gasteiger partial charge in [0.1, 0.15) is 5.75 Å². The molecule has 0 aromatic heterocycles. The monoisotopic (exact) mass is 438 g/mol. The van der Waals surface area contributed by atoms with Gasteiger partial charge in [-0.2, -0.15) is 0 Å². The van der Waals surface area contributed by atoms with Gasteiger partial charge in [0.25, 0.3) is 0 Å². The molecule has 0 aliphatic carbocycles. The summed E-state index contributed by atoms with van der Waals surface area (Å²) in [5, 5.41) is 2.75. The van der Waals surface area contributed by atoms with E-state index >= 15 is 0 Å². The molecule has 6 nitrogen and oxygen atoms in total. The van der Waals surface area contributed by atoms with Crippen molar-refractivity contribution in [2.24, 2.45) is 0 Å². The predicted molar refractivity (Wildman–Crippen MR) is 121 cm³/mol. The van der Waals surface area contributed by atoms with Crippen molar-refractivity contribution in [2.75, 3.05) is 11.9 Å². The summed E-state index contributed by atoms with van der Waals surface area (Å²) in [5.41, 5.74) is 2.63. The van der Waals surface area contributed by atoms with Crippen LogP contribution in [0.3, 0.4) is 0 Å². The van der Waals surface area contributed by atoms with E-state index < -0.39 is 10.0 Å². The number of anilines is 1. The van der Waals surface area contributed by atoms with Gasteiger partial charge in [-0.3, -0.25) is 4.79 Å². The van der Waals surface area contributed by atoms with Crippen molar-refractivity contribution in [3.8, 4) is 5.75 Å². The standard InChI is InChI=1S/C24H26N2O4S/c1-2-19-8-12-22(13-9-19)30-17-16-24(27)26-21-10-14-23(15-11-21)31(28,29)25-18-20-6-4-3-5-7-20/h3-15,25H,2,16-18H2,1H3,(H,26,27). The molecule has 162 valence electrons. The normalized spacial score (nSPS) is 11.1. The van der Waals surface area contributed by atoms with Crippen LogP contribution in [0.25, 0.3) is 0 Å². The second-order valence-electron chi connectivity index (χ2n) is 6.98. The Balaban J connectivity index is 1.47. The average molecular weight is 439 g/mol. The van der Waals surface area contributed by atoms with Crippen LogP contribution in [0, 0.1) is 0 Å². The van der Waals surface area contributed by atoms with Crippen molar-refractivity contribution in [1.82, 2.24) is 4.72 Å². The summed E-state index contributed by atoms with van der Waals surface area (Å²) in [6, 6.07) is 23.1. The Bertz CT molecular complexity index is 1080. The van der Waals surface area contributed by atoms with Crippen LogP contribution >= 0.6 is 0 Å². The van der Waals surface area contributed by atoms with Crippen LogP contribution in [0.4, 0.5) is 5.69 Å². The Labute approximate surface area is 183 Å². The molecule has 0 bridgehead atoms. The maximum atomic E-state index is 12.4. The van der Waals surface area contributed by atoms with Gasteiger partial charge in [-0.15, -0.1) is 0 Å². The number of rotatable bonds is 10. The maximum absolute atomic E-state index is 12.4. The van der Waals surface area contributed by atoms with Gasteiger partial charge in [-0.05, 0) is 53.9 Å². The quantitative estimate of drug-likeness (QED) is 0.498.